The molecular weight excluding hydrogens is 318 g/mol. The Kier molecular flexibility index (Phi) is 4.05. The van der Waals surface area contributed by atoms with Gasteiger partial charge in [-0.1, -0.05) is 29.4 Å². The van der Waals surface area contributed by atoms with E-state index in [1.165, 1.54) is 0 Å². The molecule has 1 aromatic carbocycles. The maximum absolute atomic E-state index is 11.7. The summed E-state index contributed by atoms with van der Waals surface area (Å²) in [6, 6.07) is 11.8. The fraction of sp³-hybridized carbons (Fsp3) is 0.333. The Bertz CT molecular complexity index is 899. The Morgan fingerprint density at radius 3 is 2.76 bits per heavy atom. The summed E-state index contributed by atoms with van der Waals surface area (Å²) in [7, 11) is 1.65. The van der Waals surface area contributed by atoms with Crippen molar-refractivity contribution in [3.63, 3.8) is 0 Å². The van der Waals surface area contributed by atoms with Crippen LogP contribution >= 0.6 is 0 Å². The van der Waals surface area contributed by atoms with Gasteiger partial charge in [0.25, 0.3) is 0 Å². The molecule has 1 saturated heterocycles. The maximum atomic E-state index is 11.7. The third-order valence-corrected chi connectivity index (χ3v) is 4.61. The Hall–Kier alpha value is -2.96. The number of hydrogen-bond donors (Lipinski definition) is 1. The molecule has 0 radical (unpaired) electrons. The Morgan fingerprint density at radius 2 is 1.96 bits per heavy atom. The molecule has 25 heavy (non-hydrogen) atoms. The topological polar surface area (TPSA) is 84.2 Å². The Labute approximate surface area is 145 Å². The van der Waals surface area contributed by atoms with Gasteiger partial charge in [0.1, 0.15) is 5.69 Å². The van der Waals surface area contributed by atoms with Crippen molar-refractivity contribution < 1.29 is 9.32 Å². The van der Waals surface area contributed by atoms with Crippen molar-refractivity contribution >= 4 is 16.9 Å². The molecule has 0 aliphatic carbocycles. The van der Waals surface area contributed by atoms with Crippen molar-refractivity contribution in [1.82, 2.24) is 25.3 Å². The first-order valence-corrected chi connectivity index (χ1v) is 8.41. The number of hydrogen-bond acceptors (Lipinski definition) is 5. The molecule has 7 heteroatoms. The molecule has 0 atom stereocenters. The molecule has 3 heterocycles. The second-order valence-corrected chi connectivity index (χ2v) is 6.16. The molecule has 0 saturated carbocycles. The lowest BCUT2D eigenvalue weighted by Gasteiger charge is -2.29. The minimum absolute atomic E-state index is 0.0370. The summed E-state index contributed by atoms with van der Waals surface area (Å²) in [5.41, 5.74) is 1.61. The lowest BCUT2D eigenvalue weighted by atomic mass is 9.97. The monoisotopic (exact) mass is 337 g/mol. The predicted octanol–water partition coefficient (Wildman–Crippen LogP) is 2.80. The van der Waals surface area contributed by atoms with Gasteiger partial charge < -0.3 is 14.7 Å². The van der Waals surface area contributed by atoms with Crippen LogP contribution < -0.4 is 5.32 Å². The van der Waals surface area contributed by atoms with Gasteiger partial charge in [-0.15, -0.1) is 0 Å². The summed E-state index contributed by atoms with van der Waals surface area (Å²) in [4.78, 5) is 22.6. The van der Waals surface area contributed by atoms with E-state index >= 15 is 0 Å². The van der Waals surface area contributed by atoms with E-state index in [2.05, 4.69) is 20.4 Å². The Morgan fingerprint density at radius 1 is 1.16 bits per heavy atom. The number of aromatic nitrogens is 3. The minimum atomic E-state index is -0.0370. The van der Waals surface area contributed by atoms with Gasteiger partial charge >= 0.3 is 6.03 Å². The highest BCUT2D eigenvalue weighted by Crippen LogP contribution is 2.28. The van der Waals surface area contributed by atoms with Crippen molar-refractivity contribution in [1.29, 1.82) is 0 Å². The highest BCUT2D eigenvalue weighted by molar-refractivity contribution is 5.80. The van der Waals surface area contributed by atoms with Crippen LogP contribution in [0.1, 0.15) is 24.7 Å². The van der Waals surface area contributed by atoms with Gasteiger partial charge in [-0.2, -0.15) is 4.98 Å². The van der Waals surface area contributed by atoms with Crippen molar-refractivity contribution in [3.05, 3.63) is 42.3 Å². The zero-order chi connectivity index (χ0) is 17.2. The second kappa shape index (κ2) is 6.51. The molecule has 3 aromatic rings. The van der Waals surface area contributed by atoms with Gasteiger partial charge in [0.2, 0.25) is 11.7 Å². The van der Waals surface area contributed by atoms with Crippen LogP contribution in [0.3, 0.4) is 0 Å². The van der Waals surface area contributed by atoms with E-state index in [0.29, 0.717) is 30.5 Å². The smallest absolute Gasteiger partial charge is 0.317 e. The van der Waals surface area contributed by atoms with Gasteiger partial charge in [-0.25, -0.2) is 9.78 Å². The molecule has 1 N–H and O–H groups in total. The minimum Gasteiger partial charge on any atom is -0.341 e. The average molecular weight is 337 g/mol. The number of nitrogens with one attached hydrogen (secondary N) is 1. The zero-order valence-electron chi connectivity index (χ0n) is 14.0. The third kappa shape index (κ3) is 3.05. The number of rotatable bonds is 2. The molecule has 1 fully saturated rings. The first-order chi connectivity index (χ1) is 12.2. The largest absolute Gasteiger partial charge is 0.341 e. The van der Waals surface area contributed by atoms with Gasteiger partial charge in [0, 0.05) is 31.4 Å². The van der Waals surface area contributed by atoms with Crippen molar-refractivity contribution in [2.75, 3.05) is 20.1 Å². The summed E-state index contributed by atoms with van der Waals surface area (Å²) >= 11 is 0. The summed E-state index contributed by atoms with van der Waals surface area (Å²) in [5.74, 6) is 1.32. The van der Waals surface area contributed by atoms with Crippen LogP contribution in [0.2, 0.25) is 0 Å². The molecule has 2 amide bonds. The van der Waals surface area contributed by atoms with E-state index in [0.717, 1.165) is 23.7 Å². The number of amides is 2. The lowest BCUT2D eigenvalue weighted by Crippen LogP contribution is -2.42. The van der Waals surface area contributed by atoms with E-state index in [4.69, 9.17) is 4.52 Å². The number of likely N-dealkylation sites (tertiary alicyclic amines) is 1. The summed E-state index contributed by atoms with van der Waals surface area (Å²) in [6.07, 6.45) is 1.64. The van der Waals surface area contributed by atoms with Gasteiger partial charge in [-0.3, -0.25) is 0 Å². The first-order valence-electron chi connectivity index (χ1n) is 8.41. The fourth-order valence-electron chi connectivity index (χ4n) is 3.18. The standard InChI is InChI=1S/C18H19N5O2/c1-19-18(24)23-10-8-13(9-11-23)17-21-16(22-25-17)15-7-6-12-4-2-3-5-14(12)20-15/h2-7,13H,8-11H2,1H3,(H,19,24). The molecule has 1 aliphatic heterocycles. The molecule has 0 spiro atoms. The SMILES string of the molecule is CNC(=O)N1CCC(c2nc(-c3ccc4ccccc4n3)no2)CC1. The normalized spacial score (nSPS) is 15.5. The number of urea groups is 1. The maximum Gasteiger partial charge on any atom is 0.317 e. The molecular formula is C18H19N5O2. The number of nitrogens with zero attached hydrogens (tertiary/aromatic N) is 4. The highest BCUT2D eigenvalue weighted by Gasteiger charge is 2.27. The quantitative estimate of drug-likeness (QED) is 0.777. The highest BCUT2D eigenvalue weighted by atomic mass is 16.5. The molecule has 7 nitrogen and oxygen atoms in total. The van der Waals surface area contributed by atoms with Crippen LogP contribution in [0.5, 0.6) is 0 Å². The van der Waals surface area contributed by atoms with Crippen LogP contribution in [-0.2, 0) is 0 Å². The predicted molar refractivity (Wildman–Crippen MR) is 93.0 cm³/mol. The summed E-state index contributed by atoms with van der Waals surface area (Å²) in [6.45, 7) is 1.38. The molecule has 4 rings (SSSR count). The van der Waals surface area contributed by atoms with Crippen LogP contribution in [0.25, 0.3) is 22.4 Å². The first kappa shape index (κ1) is 15.6. The molecule has 2 aromatic heterocycles. The van der Waals surface area contributed by atoms with Crippen LogP contribution in [-0.4, -0.2) is 46.2 Å². The van der Waals surface area contributed by atoms with Crippen LogP contribution in [0, 0.1) is 0 Å². The lowest BCUT2D eigenvalue weighted by molar-refractivity contribution is 0.177. The van der Waals surface area contributed by atoms with E-state index in [1.807, 2.05) is 36.4 Å². The number of carbonyl (C=O) groups excluding carboxylic acids is 1. The van der Waals surface area contributed by atoms with Gasteiger partial charge in [-0.05, 0) is 25.0 Å². The molecule has 0 unspecified atom stereocenters. The van der Waals surface area contributed by atoms with E-state index < -0.39 is 0 Å². The number of pyridine rings is 1. The molecule has 128 valence electrons. The van der Waals surface area contributed by atoms with Crippen LogP contribution in [0.15, 0.2) is 40.9 Å². The van der Waals surface area contributed by atoms with Crippen molar-refractivity contribution in [3.8, 4) is 11.5 Å². The van der Waals surface area contributed by atoms with Crippen molar-refractivity contribution in [2.24, 2.45) is 0 Å². The zero-order valence-corrected chi connectivity index (χ0v) is 14.0. The van der Waals surface area contributed by atoms with E-state index in [-0.39, 0.29) is 11.9 Å². The molecule has 0 bridgehead atoms. The molecule has 1 aliphatic rings. The van der Waals surface area contributed by atoms with E-state index in [1.54, 1.807) is 11.9 Å². The van der Waals surface area contributed by atoms with Gasteiger partial charge in [0.15, 0.2) is 0 Å². The average Bonchev–Trinajstić information content (AvgIpc) is 3.17. The number of piperidine rings is 1. The number of fused-ring (bicyclic) bond motifs is 1. The summed E-state index contributed by atoms with van der Waals surface area (Å²) in [5, 5.41) is 7.83. The third-order valence-electron chi connectivity index (χ3n) is 4.61. The Balaban J connectivity index is 1.51. The summed E-state index contributed by atoms with van der Waals surface area (Å²) < 4.78 is 5.47. The number of benzene rings is 1. The number of carbonyl (C=O) groups is 1. The van der Waals surface area contributed by atoms with Crippen LogP contribution in [0.4, 0.5) is 4.79 Å². The second-order valence-electron chi connectivity index (χ2n) is 6.16. The van der Waals surface area contributed by atoms with Gasteiger partial charge in [0.05, 0.1) is 5.52 Å². The van der Waals surface area contributed by atoms with Crippen molar-refractivity contribution in [2.45, 2.75) is 18.8 Å². The number of para-hydroxylation sites is 1. The fourth-order valence-corrected chi connectivity index (χ4v) is 3.18. The van der Waals surface area contributed by atoms with E-state index in [9.17, 15) is 4.79 Å².